The van der Waals surface area contributed by atoms with Gasteiger partial charge in [0, 0.05) is 49.7 Å². The van der Waals surface area contributed by atoms with Crippen LogP contribution >= 0.6 is 24.2 Å². The second-order valence-electron chi connectivity index (χ2n) is 6.61. The van der Waals surface area contributed by atoms with E-state index in [4.69, 9.17) is 4.52 Å². The third-order valence-corrected chi connectivity index (χ3v) is 5.92. The fourth-order valence-electron chi connectivity index (χ4n) is 3.38. The highest BCUT2D eigenvalue weighted by Crippen LogP contribution is 2.34. The van der Waals surface area contributed by atoms with Crippen molar-refractivity contribution in [3.8, 4) is 0 Å². The zero-order valence-electron chi connectivity index (χ0n) is 15.3. The molecule has 1 fully saturated rings. The topological polar surface area (TPSA) is 74.5 Å². The van der Waals surface area contributed by atoms with Crippen LogP contribution in [-0.2, 0) is 11.2 Å². The van der Waals surface area contributed by atoms with E-state index < -0.39 is 0 Å². The van der Waals surface area contributed by atoms with Gasteiger partial charge in [0.2, 0.25) is 11.8 Å². The molecule has 146 valence electrons. The van der Waals surface area contributed by atoms with Crippen LogP contribution in [-0.4, -0.2) is 59.9 Å². The van der Waals surface area contributed by atoms with E-state index in [1.54, 1.807) is 11.8 Å². The van der Waals surface area contributed by atoms with E-state index in [0.717, 1.165) is 37.6 Å². The van der Waals surface area contributed by atoms with Gasteiger partial charge in [-0.25, -0.2) is 0 Å². The summed E-state index contributed by atoms with van der Waals surface area (Å²) in [7, 11) is 2.07. The van der Waals surface area contributed by atoms with Crippen molar-refractivity contribution < 1.29 is 9.32 Å². The Bertz CT molecular complexity index is 787. The van der Waals surface area contributed by atoms with Gasteiger partial charge in [0.15, 0.2) is 5.82 Å². The van der Waals surface area contributed by atoms with E-state index in [1.807, 2.05) is 23.1 Å². The molecule has 1 saturated heterocycles. The van der Waals surface area contributed by atoms with Crippen LogP contribution in [0.4, 0.5) is 5.69 Å². The zero-order valence-corrected chi connectivity index (χ0v) is 16.9. The first-order valence-electron chi connectivity index (χ1n) is 8.98. The Hall–Kier alpha value is -1.61. The number of anilines is 1. The molecule has 1 aromatic heterocycles. The molecule has 2 aliphatic rings. The fourth-order valence-corrected chi connectivity index (χ4v) is 4.37. The molecule has 2 aliphatic heterocycles. The van der Waals surface area contributed by atoms with Crippen molar-refractivity contribution in [3.63, 3.8) is 0 Å². The molecular formula is C18H24ClN5O2S. The minimum Gasteiger partial charge on any atom is -0.339 e. The average Bonchev–Trinajstić information content (AvgIpc) is 3.15. The number of nitrogens with zero attached hydrogens (tertiary/aromatic N) is 4. The summed E-state index contributed by atoms with van der Waals surface area (Å²) in [5.41, 5.74) is 1.01. The predicted molar refractivity (Wildman–Crippen MR) is 108 cm³/mol. The number of aryl methyl sites for hydroxylation is 1. The lowest BCUT2D eigenvalue weighted by atomic mass is 10.2. The highest BCUT2D eigenvalue weighted by molar-refractivity contribution is 7.99. The van der Waals surface area contributed by atoms with Crippen LogP contribution in [0.5, 0.6) is 0 Å². The van der Waals surface area contributed by atoms with Gasteiger partial charge in [-0.15, -0.1) is 24.2 Å². The Labute approximate surface area is 169 Å². The number of aromatic nitrogens is 2. The summed E-state index contributed by atoms with van der Waals surface area (Å²) in [5.74, 6) is 2.26. The molecule has 1 N–H and O–H groups in total. The van der Waals surface area contributed by atoms with E-state index >= 15 is 0 Å². The number of hydrogen-bond acceptors (Lipinski definition) is 7. The van der Waals surface area contributed by atoms with Gasteiger partial charge in [0.05, 0.1) is 11.7 Å². The van der Waals surface area contributed by atoms with Crippen LogP contribution in [0.25, 0.3) is 0 Å². The summed E-state index contributed by atoms with van der Waals surface area (Å²) in [4.78, 5) is 22.5. The summed E-state index contributed by atoms with van der Waals surface area (Å²) in [5, 5.41) is 7.47. The van der Waals surface area contributed by atoms with Crippen molar-refractivity contribution in [3.05, 3.63) is 36.0 Å². The number of carbonyl (C=O) groups is 1. The molecule has 0 aliphatic carbocycles. The number of nitrogens with one attached hydrogen (secondary N) is 1. The number of fused-ring (bicyclic) bond motifs is 1. The Morgan fingerprint density at radius 2 is 2.22 bits per heavy atom. The van der Waals surface area contributed by atoms with E-state index in [1.165, 1.54) is 4.90 Å². The lowest BCUT2D eigenvalue weighted by molar-refractivity contribution is -0.118. The van der Waals surface area contributed by atoms with Crippen molar-refractivity contribution in [1.82, 2.24) is 20.4 Å². The Morgan fingerprint density at radius 3 is 3.07 bits per heavy atom. The molecular weight excluding hydrogens is 386 g/mol. The van der Waals surface area contributed by atoms with Gasteiger partial charge in [0.25, 0.3) is 0 Å². The standard InChI is InChI=1S/C18H23N5O2S.ClH/c1-22-9-8-19-12-14(22)18-20-16(25-21-18)6-7-17(24)23-10-11-26-15-5-3-2-4-13(15)23;/h2-5,14,19H,6-12H2,1H3;1H. The second-order valence-corrected chi connectivity index (χ2v) is 7.75. The van der Waals surface area contributed by atoms with Crippen molar-refractivity contribution in [2.75, 3.05) is 43.9 Å². The number of thioether (sulfide) groups is 1. The van der Waals surface area contributed by atoms with E-state index in [2.05, 4.69) is 33.5 Å². The maximum Gasteiger partial charge on any atom is 0.227 e. The molecule has 1 aromatic carbocycles. The maximum absolute atomic E-state index is 12.7. The summed E-state index contributed by atoms with van der Waals surface area (Å²) in [6.45, 7) is 3.49. The van der Waals surface area contributed by atoms with Crippen LogP contribution in [0.1, 0.15) is 24.2 Å². The first kappa shape index (κ1) is 20.1. The second kappa shape index (κ2) is 9.05. The minimum absolute atomic E-state index is 0. The van der Waals surface area contributed by atoms with Crippen molar-refractivity contribution in [1.29, 1.82) is 0 Å². The molecule has 0 saturated carbocycles. The van der Waals surface area contributed by atoms with Gasteiger partial charge in [-0.1, -0.05) is 17.3 Å². The lowest BCUT2D eigenvalue weighted by Crippen LogP contribution is -2.44. The Morgan fingerprint density at radius 1 is 1.37 bits per heavy atom. The van der Waals surface area contributed by atoms with Crippen LogP contribution in [0.3, 0.4) is 0 Å². The fraction of sp³-hybridized carbons (Fsp3) is 0.500. The average molecular weight is 410 g/mol. The lowest BCUT2D eigenvalue weighted by Gasteiger charge is -2.30. The van der Waals surface area contributed by atoms with Gasteiger partial charge < -0.3 is 14.7 Å². The van der Waals surface area contributed by atoms with Crippen LogP contribution in [0, 0.1) is 0 Å². The summed E-state index contributed by atoms with van der Waals surface area (Å²) >= 11 is 1.80. The monoisotopic (exact) mass is 409 g/mol. The number of hydrogen-bond donors (Lipinski definition) is 1. The van der Waals surface area contributed by atoms with E-state index in [0.29, 0.717) is 24.6 Å². The van der Waals surface area contributed by atoms with Gasteiger partial charge >= 0.3 is 0 Å². The largest absolute Gasteiger partial charge is 0.339 e. The first-order chi connectivity index (χ1) is 12.7. The Kier molecular flexibility index (Phi) is 6.75. The predicted octanol–water partition coefficient (Wildman–Crippen LogP) is 2.14. The molecule has 0 radical (unpaired) electrons. The smallest absolute Gasteiger partial charge is 0.227 e. The van der Waals surface area contributed by atoms with Crippen LogP contribution in [0.15, 0.2) is 33.7 Å². The van der Waals surface area contributed by atoms with Crippen molar-refractivity contribution in [2.24, 2.45) is 0 Å². The third-order valence-electron chi connectivity index (χ3n) is 4.88. The molecule has 4 rings (SSSR count). The van der Waals surface area contributed by atoms with Crippen molar-refractivity contribution in [2.45, 2.75) is 23.8 Å². The summed E-state index contributed by atoms with van der Waals surface area (Å²) in [6.07, 6.45) is 0.848. The summed E-state index contributed by atoms with van der Waals surface area (Å²) < 4.78 is 5.38. The Balaban J connectivity index is 0.00000210. The number of benzene rings is 1. The molecule has 9 heteroatoms. The summed E-state index contributed by atoms with van der Waals surface area (Å²) in [6, 6.07) is 8.19. The molecule has 3 heterocycles. The van der Waals surface area contributed by atoms with Gasteiger partial charge in [-0.2, -0.15) is 4.98 Å². The number of carbonyl (C=O) groups excluding carboxylic acids is 1. The zero-order chi connectivity index (χ0) is 17.9. The van der Waals surface area contributed by atoms with E-state index in [9.17, 15) is 4.79 Å². The molecule has 0 spiro atoms. The van der Waals surface area contributed by atoms with Gasteiger partial charge in [-0.3, -0.25) is 9.69 Å². The van der Waals surface area contributed by atoms with Gasteiger partial charge in [0.1, 0.15) is 0 Å². The molecule has 1 atom stereocenters. The third kappa shape index (κ3) is 4.45. The van der Waals surface area contributed by atoms with Crippen LogP contribution in [0.2, 0.25) is 0 Å². The number of halogens is 1. The molecule has 27 heavy (non-hydrogen) atoms. The van der Waals surface area contributed by atoms with Gasteiger partial charge in [-0.05, 0) is 19.2 Å². The van der Waals surface area contributed by atoms with E-state index in [-0.39, 0.29) is 24.4 Å². The number of piperazine rings is 1. The first-order valence-corrected chi connectivity index (χ1v) is 9.96. The van der Waals surface area contributed by atoms with Crippen LogP contribution < -0.4 is 10.2 Å². The number of likely N-dealkylation sites (N-methyl/N-ethyl adjacent to an activating group) is 1. The quantitative estimate of drug-likeness (QED) is 0.829. The molecule has 1 amide bonds. The number of amides is 1. The number of para-hydroxylation sites is 1. The molecule has 0 bridgehead atoms. The SMILES string of the molecule is CN1CCNCC1c1noc(CCC(=O)N2CCSc3ccccc32)n1.Cl. The molecule has 1 unspecified atom stereocenters. The maximum atomic E-state index is 12.7. The highest BCUT2D eigenvalue weighted by Gasteiger charge is 2.26. The molecule has 2 aromatic rings. The highest BCUT2D eigenvalue weighted by atomic mass is 35.5. The minimum atomic E-state index is 0. The number of rotatable bonds is 4. The normalized spacial score (nSPS) is 20.0. The molecule has 7 nitrogen and oxygen atoms in total. The van der Waals surface area contributed by atoms with Crippen molar-refractivity contribution >= 4 is 35.8 Å².